The highest BCUT2D eigenvalue weighted by Crippen LogP contribution is 2.39. The van der Waals surface area contributed by atoms with Gasteiger partial charge in [-0.05, 0) is 31.8 Å². The van der Waals surface area contributed by atoms with E-state index < -0.39 is 0 Å². The van der Waals surface area contributed by atoms with Crippen LogP contribution in [-0.4, -0.2) is 109 Å². The number of benzene rings is 1. The smallest absolute Gasteiger partial charge is 0.203 e. The summed E-state index contributed by atoms with van der Waals surface area (Å²) < 4.78 is 24.6. The molecule has 1 fully saturated rings. The van der Waals surface area contributed by atoms with Crippen LogP contribution in [0.5, 0.6) is 17.2 Å². The number of nitrogens with zero attached hydrogens (tertiary/aromatic N) is 6. The topological polar surface area (TPSA) is 119 Å². The maximum absolute atomic E-state index is 9.95. The highest BCUT2D eigenvalue weighted by molar-refractivity contribution is 5.82. The summed E-state index contributed by atoms with van der Waals surface area (Å²) in [7, 11) is 8.83. The van der Waals surface area contributed by atoms with Crippen LogP contribution in [0.25, 0.3) is 11.2 Å². The summed E-state index contributed by atoms with van der Waals surface area (Å²) in [6.07, 6.45) is 2.51. The molecule has 4 rings (SSSR count). The summed E-state index contributed by atoms with van der Waals surface area (Å²) in [5.74, 6) is 2.43. The number of anilines is 1. The first-order chi connectivity index (χ1) is 17.5. The minimum Gasteiger partial charge on any atom is -0.493 e. The number of nitrogens with one attached hydrogen (secondary N) is 1. The van der Waals surface area contributed by atoms with E-state index in [1.807, 2.05) is 30.8 Å². The predicted molar refractivity (Wildman–Crippen MR) is 135 cm³/mol. The highest BCUT2D eigenvalue weighted by atomic mass is 16.5. The summed E-state index contributed by atoms with van der Waals surface area (Å²) in [5.41, 5.74) is 2.35. The second kappa shape index (κ2) is 11.7. The average Bonchev–Trinajstić information content (AvgIpc) is 3.32. The van der Waals surface area contributed by atoms with Crippen molar-refractivity contribution in [2.24, 2.45) is 0 Å². The number of hydrogen-bond donors (Lipinski definition) is 2. The minimum atomic E-state index is -0.382. The molecule has 1 aromatic carbocycles. The molecule has 3 aromatic rings. The van der Waals surface area contributed by atoms with Crippen molar-refractivity contribution >= 4 is 17.0 Å². The fraction of sp³-hybridized carbons (Fsp3) is 0.542. The lowest BCUT2D eigenvalue weighted by molar-refractivity contribution is -0.135. The second-order valence-electron chi connectivity index (χ2n) is 8.90. The van der Waals surface area contributed by atoms with Crippen molar-refractivity contribution in [1.29, 1.82) is 0 Å². The third kappa shape index (κ3) is 5.62. The van der Waals surface area contributed by atoms with E-state index in [0.717, 1.165) is 18.7 Å². The average molecular weight is 502 g/mol. The Morgan fingerprint density at radius 2 is 1.83 bits per heavy atom. The van der Waals surface area contributed by atoms with Crippen LogP contribution in [0.15, 0.2) is 24.8 Å². The van der Waals surface area contributed by atoms with Crippen LogP contribution in [0, 0.1) is 0 Å². The van der Waals surface area contributed by atoms with E-state index in [4.69, 9.17) is 18.9 Å². The lowest BCUT2D eigenvalue weighted by Gasteiger charge is -2.38. The van der Waals surface area contributed by atoms with Gasteiger partial charge in [-0.15, -0.1) is 0 Å². The lowest BCUT2D eigenvalue weighted by atomic mass is 10.1. The first-order valence-corrected chi connectivity index (χ1v) is 11.8. The molecule has 0 amide bonds. The van der Waals surface area contributed by atoms with Crippen molar-refractivity contribution in [2.75, 3.05) is 73.5 Å². The Labute approximate surface area is 210 Å². The first-order valence-electron chi connectivity index (χ1n) is 11.8. The molecule has 0 unspecified atom stereocenters. The van der Waals surface area contributed by atoms with Gasteiger partial charge in [0.2, 0.25) is 5.75 Å². The number of aliphatic hydroxyl groups excluding tert-OH is 1. The fourth-order valence-electron chi connectivity index (χ4n) is 4.35. The van der Waals surface area contributed by atoms with Crippen LogP contribution in [-0.2, 0) is 11.3 Å². The molecular formula is C24H35N7O5. The van der Waals surface area contributed by atoms with Crippen LogP contribution in [0.2, 0.25) is 0 Å². The van der Waals surface area contributed by atoms with Gasteiger partial charge in [0.25, 0.3) is 0 Å². The normalized spacial score (nSPS) is 18.5. The molecule has 1 aliphatic heterocycles. The van der Waals surface area contributed by atoms with Gasteiger partial charge in [0.1, 0.15) is 12.6 Å². The van der Waals surface area contributed by atoms with Gasteiger partial charge in [-0.1, -0.05) is 0 Å². The number of fused-ring (bicyclic) bond motifs is 1. The number of morpholine rings is 1. The predicted octanol–water partition coefficient (Wildman–Crippen LogP) is 1.22. The summed E-state index contributed by atoms with van der Waals surface area (Å²) in [5, 5.41) is 13.3. The van der Waals surface area contributed by atoms with E-state index in [1.165, 1.54) is 6.33 Å². The molecule has 36 heavy (non-hydrogen) atoms. The number of rotatable bonds is 11. The SMILES string of the molecule is COc1cc(CN2C[C@@H](CO)O[C@@H](n3cnc4c(NCCN(C)C)ncnc43)C2)cc(OC)c1OC. The number of aromatic nitrogens is 4. The Bertz CT molecular complexity index is 1130. The molecule has 0 bridgehead atoms. The Hall–Kier alpha value is -3.19. The summed E-state index contributed by atoms with van der Waals surface area (Å²) in [4.78, 5) is 17.7. The molecule has 196 valence electrons. The van der Waals surface area contributed by atoms with Crippen molar-refractivity contribution < 1.29 is 24.1 Å². The molecule has 3 heterocycles. The van der Waals surface area contributed by atoms with E-state index in [0.29, 0.717) is 53.9 Å². The maximum atomic E-state index is 9.95. The number of ether oxygens (including phenoxy) is 4. The van der Waals surface area contributed by atoms with Crippen molar-refractivity contribution in [3.8, 4) is 17.2 Å². The van der Waals surface area contributed by atoms with Gasteiger partial charge in [0.05, 0.1) is 40.4 Å². The number of methoxy groups -OCH3 is 3. The lowest BCUT2D eigenvalue weighted by Crippen LogP contribution is -2.46. The van der Waals surface area contributed by atoms with Crippen LogP contribution >= 0.6 is 0 Å². The molecule has 2 atom stereocenters. The third-order valence-corrected chi connectivity index (χ3v) is 6.08. The molecule has 1 aliphatic rings. The largest absolute Gasteiger partial charge is 0.493 e. The molecule has 12 nitrogen and oxygen atoms in total. The van der Waals surface area contributed by atoms with E-state index in [-0.39, 0.29) is 18.9 Å². The van der Waals surface area contributed by atoms with Gasteiger partial charge >= 0.3 is 0 Å². The summed E-state index contributed by atoms with van der Waals surface area (Å²) in [6.45, 7) is 3.26. The third-order valence-electron chi connectivity index (χ3n) is 6.08. The zero-order valence-electron chi connectivity index (χ0n) is 21.5. The van der Waals surface area contributed by atoms with Crippen molar-refractivity contribution in [3.63, 3.8) is 0 Å². The van der Waals surface area contributed by atoms with Gasteiger partial charge in [-0.2, -0.15) is 0 Å². The van der Waals surface area contributed by atoms with Crippen LogP contribution < -0.4 is 19.5 Å². The molecule has 12 heteroatoms. The van der Waals surface area contributed by atoms with Crippen LogP contribution in [0.4, 0.5) is 5.82 Å². The first kappa shape index (κ1) is 25.9. The Morgan fingerprint density at radius 3 is 2.47 bits per heavy atom. The van der Waals surface area contributed by atoms with E-state index in [1.54, 1.807) is 27.7 Å². The zero-order chi connectivity index (χ0) is 25.7. The summed E-state index contributed by atoms with van der Waals surface area (Å²) >= 11 is 0. The monoisotopic (exact) mass is 501 g/mol. The number of aliphatic hydroxyl groups is 1. The van der Waals surface area contributed by atoms with Gasteiger partial charge < -0.3 is 34.3 Å². The Balaban J connectivity index is 1.56. The number of hydrogen-bond acceptors (Lipinski definition) is 11. The fourth-order valence-corrected chi connectivity index (χ4v) is 4.35. The zero-order valence-corrected chi connectivity index (χ0v) is 21.5. The highest BCUT2D eigenvalue weighted by Gasteiger charge is 2.30. The Kier molecular flexibility index (Phi) is 8.41. The summed E-state index contributed by atoms with van der Waals surface area (Å²) in [6, 6.07) is 3.87. The molecular weight excluding hydrogens is 466 g/mol. The molecule has 0 aliphatic carbocycles. The van der Waals surface area contributed by atoms with Crippen LogP contribution in [0.3, 0.4) is 0 Å². The van der Waals surface area contributed by atoms with Gasteiger partial charge in [0, 0.05) is 32.7 Å². The minimum absolute atomic E-state index is 0.0960. The quantitative estimate of drug-likeness (QED) is 0.395. The van der Waals surface area contributed by atoms with Gasteiger partial charge in [-0.3, -0.25) is 9.47 Å². The van der Waals surface area contributed by atoms with Gasteiger partial charge in [0.15, 0.2) is 28.5 Å². The van der Waals surface area contributed by atoms with E-state index in [9.17, 15) is 5.11 Å². The standard InChI is InChI=1S/C24H35N7O5/c1-29(2)7-6-25-23-21-24(27-14-26-23)31(15-28-21)20-12-30(11-17(13-32)36-20)10-16-8-18(33-3)22(35-5)19(9-16)34-4/h8-9,14-15,17,20,32H,6-7,10-13H2,1-5H3,(H,25,26,27)/t17-,20+/m0/s1. The number of imidazole rings is 1. The molecule has 0 radical (unpaired) electrons. The molecule has 1 saturated heterocycles. The van der Waals surface area contributed by atoms with Crippen molar-refractivity contribution in [3.05, 3.63) is 30.4 Å². The second-order valence-corrected chi connectivity index (χ2v) is 8.90. The van der Waals surface area contributed by atoms with E-state index >= 15 is 0 Å². The van der Waals surface area contributed by atoms with Crippen molar-refractivity contribution in [1.82, 2.24) is 29.3 Å². The van der Waals surface area contributed by atoms with Gasteiger partial charge in [-0.25, -0.2) is 15.0 Å². The van der Waals surface area contributed by atoms with Crippen LogP contribution in [0.1, 0.15) is 11.8 Å². The molecule has 0 spiro atoms. The van der Waals surface area contributed by atoms with E-state index in [2.05, 4.69) is 30.1 Å². The molecule has 2 N–H and O–H groups in total. The Morgan fingerprint density at radius 1 is 1.08 bits per heavy atom. The molecule has 0 saturated carbocycles. The van der Waals surface area contributed by atoms with Crippen molar-refractivity contribution in [2.45, 2.75) is 18.9 Å². The number of likely N-dealkylation sites (N-methyl/N-ethyl adjacent to an activating group) is 1. The maximum Gasteiger partial charge on any atom is 0.203 e. The molecule has 2 aromatic heterocycles.